The Morgan fingerprint density at radius 3 is 2.50 bits per heavy atom. The average Bonchev–Trinajstić information content (AvgIpc) is 3.73. The van der Waals surface area contributed by atoms with Crippen LogP contribution in [-0.2, 0) is 25.8 Å². The van der Waals surface area contributed by atoms with Crippen LogP contribution >= 0.6 is 0 Å². The third kappa shape index (κ3) is 4.75. The van der Waals surface area contributed by atoms with Crippen LogP contribution < -0.4 is 4.90 Å². The number of fused-ring (bicyclic) bond motifs is 3. The zero-order valence-electron chi connectivity index (χ0n) is 24.0. The maximum absolute atomic E-state index is 4.84. The van der Waals surface area contributed by atoms with Crippen LogP contribution in [0.5, 0.6) is 0 Å². The molecule has 3 aliphatic heterocycles. The second-order valence-corrected chi connectivity index (χ2v) is 12.0. The molecule has 2 bridgehead atoms. The first-order valence-electron chi connectivity index (χ1n) is 14.9. The molecule has 4 aliphatic rings. The van der Waals surface area contributed by atoms with E-state index in [0.29, 0.717) is 24.3 Å². The molecule has 212 valence electrons. The van der Waals surface area contributed by atoms with Gasteiger partial charge in [0.25, 0.3) is 0 Å². The lowest BCUT2D eigenvalue weighted by molar-refractivity contribution is -0.00875. The van der Waals surface area contributed by atoms with Gasteiger partial charge in [0, 0.05) is 73.7 Å². The van der Waals surface area contributed by atoms with Crippen LogP contribution in [0, 0.1) is 13.8 Å². The predicted molar refractivity (Wildman–Crippen MR) is 159 cm³/mol. The topological polar surface area (TPSA) is 105 Å². The molecule has 1 N–H and O–H groups in total. The van der Waals surface area contributed by atoms with E-state index in [1.165, 1.54) is 29.7 Å². The molecular weight excluding hydrogens is 524 g/mol. The molecule has 8 heterocycles. The molecule has 10 nitrogen and oxygen atoms in total. The lowest BCUT2D eigenvalue weighted by atomic mass is 9.87. The van der Waals surface area contributed by atoms with E-state index < -0.39 is 0 Å². The molecule has 0 aromatic carbocycles. The highest BCUT2D eigenvalue weighted by Crippen LogP contribution is 2.35. The van der Waals surface area contributed by atoms with Crippen molar-refractivity contribution in [2.75, 3.05) is 18.0 Å². The zero-order valence-corrected chi connectivity index (χ0v) is 24.0. The fourth-order valence-corrected chi connectivity index (χ4v) is 6.73. The van der Waals surface area contributed by atoms with Gasteiger partial charge in [-0.1, -0.05) is 6.07 Å². The van der Waals surface area contributed by atoms with E-state index in [-0.39, 0.29) is 0 Å². The molecule has 5 aromatic heterocycles. The van der Waals surface area contributed by atoms with Crippen molar-refractivity contribution in [3.8, 4) is 17.2 Å². The van der Waals surface area contributed by atoms with E-state index >= 15 is 0 Å². The van der Waals surface area contributed by atoms with Gasteiger partial charge in [-0.25, -0.2) is 24.6 Å². The molecule has 1 aliphatic carbocycles. The number of pyridine rings is 2. The molecule has 10 heteroatoms. The van der Waals surface area contributed by atoms with Gasteiger partial charge < -0.3 is 4.90 Å². The van der Waals surface area contributed by atoms with Crippen LogP contribution in [-0.4, -0.2) is 70.0 Å². The van der Waals surface area contributed by atoms with Gasteiger partial charge in [0.2, 0.25) is 0 Å². The van der Waals surface area contributed by atoms with Crippen LogP contribution in [0.3, 0.4) is 0 Å². The minimum atomic E-state index is 0.535. The Bertz CT molecular complexity index is 1700. The van der Waals surface area contributed by atoms with Crippen LogP contribution in [0.25, 0.3) is 17.2 Å². The van der Waals surface area contributed by atoms with Crippen molar-refractivity contribution in [1.82, 2.24) is 44.8 Å². The summed E-state index contributed by atoms with van der Waals surface area (Å²) in [5.41, 5.74) is 8.72. The Morgan fingerprint density at radius 2 is 1.76 bits per heavy atom. The van der Waals surface area contributed by atoms with Crippen LogP contribution in [0.4, 0.5) is 5.82 Å². The van der Waals surface area contributed by atoms with Crippen LogP contribution in [0.2, 0.25) is 0 Å². The summed E-state index contributed by atoms with van der Waals surface area (Å²) >= 11 is 0. The number of hydrogen-bond acceptors (Lipinski definition) is 8. The maximum Gasteiger partial charge on any atom is 0.161 e. The maximum atomic E-state index is 4.84. The zero-order chi connectivity index (χ0) is 28.2. The Morgan fingerprint density at radius 1 is 0.905 bits per heavy atom. The number of piperazine rings is 1. The summed E-state index contributed by atoms with van der Waals surface area (Å²) < 4.78 is 1.94. The number of nitrogens with zero attached hydrogens (tertiary/aromatic N) is 9. The number of aromatic amines is 1. The fourth-order valence-electron chi connectivity index (χ4n) is 6.73. The summed E-state index contributed by atoms with van der Waals surface area (Å²) in [5, 5.41) is 12.1. The number of aryl methyl sites for hydroxylation is 4. The Balaban J connectivity index is 0.904. The Hall–Kier alpha value is -4.44. The molecule has 5 aromatic rings. The summed E-state index contributed by atoms with van der Waals surface area (Å²) in [6, 6.07) is 13.7. The molecule has 9 rings (SSSR count). The highest BCUT2D eigenvalue weighted by molar-refractivity contribution is 5.57. The third-order valence-corrected chi connectivity index (χ3v) is 8.85. The van der Waals surface area contributed by atoms with Crippen molar-refractivity contribution in [3.63, 3.8) is 0 Å². The Kier molecular flexibility index (Phi) is 6.10. The second-order valence-electron chi connectivity index (χ2n) is 12.0. The molecule has 0 amide bonds. The standard InChI is InChI=1S/C32H34N10/c1-20-10-25(12-26-11-21(2)37-38-26)36-32(35-20)23-7-9-30(34-15-23)40-18-27-13-28(19-40)41(27)16-22-6-8-31(33-14-22)42-17-24-4-3-5-29(24)39-42/h6-11,14-15,17,27-28H,3-5,12-13,16,18-19H2,1-2H3,(H,37,38). The molecule has 3 fully saturated rings. The molecule has 2 atom stereocenters. The van der Waals surface area contributed by atoms with Gasteiger partial charge in [-0.05, 0) is 81.0 Å². The summed E-state index contributed by atoms with van der Waals surface area (Å²) in [5.74, 6) is 2.63. The van der Waals surface area contributed by atoms with Gasteiger partial charge in [-0.2, -0.15) is 10.2 Å². The van der Waals surface area contributed by atoms with Crippen molar-refractivity contribution >= 4 is 5.82 Å². The highest BCUT2D eigenvalue weighted by Gasteiger charge is 2.44. The highest BCUT2D eigenvalue weighted by atomic mass is 15.4. The first-order chi connectivity index (χ1) is 20.5. The smallest absolute Gasteiger partial charge is 0.161 e. The minimum Gasteiger partial charge on any atom is -0.353 e. The van der Waals surface area contributed by atoms with E-state index in [1.54, 1.807) is 0 Å². The summed E-state index contributed by atoms with van der Waals surface area (Å²) in [7, 11) is 0. The number of rotatable bonds is 7. The number of piperidine rings is 1. The lowest BCUT2D eigenvalue weighted by Gasteiger charge is -2.56. The molecule has 0 radical (unpaired) electrons. The number of hydrogen-bond donors (Lipinski definition) is 1. The number of aromatic nitrogens is 8. The van der Waals surface area contributed by atoms with Gasteiger partial charge in [0.05, 0.1) is 17.1 Å². The van der Waals surface area contributed by atoms with Gasteiger partial charge in [-0.3, -0.25) is 10.00 Å². The minimum absolute atomic E-state index is 0.535. The number of anilines is 1. The van der Waals surface area contributed by atoms with Crippen LogP contribution in [0.1, 0.15) is 52.4 Å². The van der Waals surface area contributed by atoms with Crippen LogP contribution in [0.15, 0.2) is 55.0 Å². The molecule has 0 spiro atoms. The lowest BCUT2D eigenvalue weighted by Crippen LogP contribution is -2.68. The van der Waals surface area contributed by atoms with E-state index in [1.807, 2.05) is 37.0 Å². The van der Waals surface area contributed by atoms with Gasteiger partial charge in [-0.15, -0.1) is 0 Å². The summed E-state index contributed by atoms with van der Waals surface area (Å²) in [4.78, 5) is 24.1. The fraction of sp³-hybridized carbons (Fsp3) is 0.375. The number of H-pyrrole nitrogens is 1. The van der Waals surface area contributed by atoms with E-state index in [0.717, 1.165) is 72.5 Å². The molecule has 0 saturated carbocycles. The quantitative estimate of drug-likeness (QED) is 0.320. The summed E-state index contributed by atoms with van der Waals surface area (Å²) in [6.07, 6.45) is 11.4. The van der Waals surface area contributed by atoms with Crippen molar-refractivity contribution in [2.24, 2.45) is 0 Å². The second kappa shape index (κ2) is 10.1. The average molecular weight is 559 g/mol. The van der Waals surface area contributed by atoms with Gasteiger partial charge >= 0.3 is 0 Å². The van der Waals surface area contributed by atoms with Crippen molar-refractivity contribution in [2.45, 2.75) is 64.6 Å². The molecule has 42 heavy (non-hydrogen) atoms. The molecule has 2 unspecified atom stereocenters. The van der Waals surface area contributed by atoms with Crippen molar-refractivity contribution in [1.29, 1.82) is 0 Å². The van der Waals surface area contributed by atoms with E-state index in [4.69, 9.17) is 20.1 Å². The first-order valence-corrected chi connectivity index (χ1v) is 14.9. The van der Waals surface area contributed by atoms with Gasteiger partial charge in [0.1, 0.15) is 5.82 Å². The largest absolute Gasteiger partial charge is 0.353 e. The van der Waals surface area contributed by atoms with Crippen molar-refractivity contribution in [3.05, 3.63) is 94.6 Å². The Labute approximate surface area is 244 Å². The molecule has 3 saturated heterocycles. The number of nitrogens with one attached hydrogen (secondary N) is 1. The van der Waals surface area contributed by atoms with Crippen molar-refractivity contribution < 1.29 is 0 Å². The summed E-state index contributed by atoms with van der Waals surface area (Å²) in [6.45, 7) is 6.92. The monoisotopic (exact) mass is 558 g/mol. The van der Waals surface area contributed by atoms with E-state index in [9.17, 15) is 0 Å². The normalized spacial score (nSPS) is 19.6. The third-order valence-electron chi connectivity index (χ3n) is 8.85. The predicted octanol–water partition coefficient (Wildman–Crippen LogP) is 4.00. The van der Waals surface area contributed by atoms with E-state index in [2.05, 4.69) is 61.5 Å². The SMILES string of the molecule is Cc1cc(Cc2cc(C)[nH]n2)nc(-c2ccc(N3CC4CC(C3)N4Cc3ccc(-n4cc5c(n4)CCC5)nc3)nc2)n1. The van der Waals surface area contributed by atoms with Gasteiger partial charge in [0.15, 0.2) is 11.6 Å². The first kappa shape index (κ1) is 25.3. The molecular formula is C32H34N10.